The van der Waals surface area contributed by atoms with Crippen molar-refractivity contribution in [3.8, 4) is 0 Å². The normalized spacial score (nSPS) is 15.0. The van der Waals surface area contributed by atoms with Gasteiger partial charge in [-0.2, -0.15) is 0 Å². The predicted molar refractivity (Wildman–Crippen MR) is 52.4 cm³/mol. The first kappa shape index (κ1) is 11.1. The third kappa shape index (κ3) is 7.22. The van der Waals surface area contributed by atoms with Crippen LogP contribution in [0.2, 0.25) is 0 Å². The Morgan fingerprint density at radius 1 is 1.42 bits per heavy atom. The number of aliphatic imine (C=N–C) groups is 1. The van der Waals surface area contributed by atoms with Crippen LogP contribution in [0.4, 0.5) is 4.39 Å². The second-order valence-corrected chi connectivity index (χ2v) is 2.67. The summed E-state index contributed by atoms with van der Waals surface area (Å²) in [5.41, 5.74) is 0. The molecule has 0 aliphatic carbocycles. The molecule has 0 atom stereocenters. The molecule has 0 aromatic heterocycles. The van der Waals surface area contributed by atoms with Gasteiger partial charge in [0.2, 0.25) is 0 Å². The molecule has 0 bridgehead atoms. The molecule has 0 amide bonds. The molecule has 66 valence electrons. The molecule has 12 heavy (non-hydrogen) atoms. The van der Waals surface area contributed by atoms with E-state index in [1.165, 1.54) is 24.4 Å². The zero-order valence-corrected chi connectivity index (χ0v) is 7.85. The standard InChI is InChI=1S/C9H11ClFN/c1-8(10)4-3-5-9(11)6-7-12-2/h3-7H,1-2H3. The Kier molecular flexibility index (Phi) is 6.29. The highest BCUT2D eigenvalue weighted by Gasteiger charge is 1.82. The Morgan fingerprint density at radius 2 is 2.08 bits per heavy atom. The summed E-state index contributed by atoms with van der Waals surface area (Å²) in [5, 5.41) is 0.614. The molecule has 0 radical (unpaired) electrons. The van der Waals surface area contributed by atoms with Crippen molar-refractivity contribution in [2.75, 3.05) is 7.05 Å². The number of nitrogens with zero attached hydrogens (tertiary/aromatic N) is 1. The summed E-state index contributed by atoms with van der Waals surface area (Å²) in [5.74, 6) is -0.352. The zero-order valence-electron chi connectivity index (χ0n) is 7.09. The van der Waals surface area contributed by atoms with Crippen LogP contribution in [0.3, 0.4) is 0 Å². The molecule has 0 spiro atoms. The van der Waals surface area contributed by atoms with Gasteiger partial charge in [0.1, 0.15) is 5.83 Å². The highest BCUT2D eigenvalue weighted by atomic mass is 35.5. The smallest absolute Gasteiger partial charge is 0.124 e. The molecule has 0 aromatic carbocycles. The van der Waals surface area contributed by atoms with Gasteiger partial charge < -0.3 is 0 Å². The molecule has 1 nitrogen and oxygen atoms in total. The lowest BCUT2D eigenvalue weighted by atomic mass is 10.4. The van der Waals surface area contributed by atoms with Crippen LogP contribution in [-0.4, -0.2) is 13.3 Å². The summed E-state index contributed by atoms with van der Waals surface area (Å²) in [7, 11) is 1.58. The van der Waals surface area contributed by atoms with Crippen LogP contribution in [0, 0.1) is 0 Å². The SMILES string of the molecule is CN=CC=C(F)C=CC=C(C)Cl. The first-order chi connectivity index (χ1) is 5.66. The van der Waals surface area contributed by atoms with Crippen molar-refractivity contribution in [2.45, 2.75) is 6.92 Å². The fourth-order valence-corrected chi connectivity index (χ4v) is 0.547. The molecule has 0 rings (SSSR count). The van der Waals surface area contributed by atoms with Gasteiger partial charge >= 0.3 is 0 Å². The summed E-state index contributed by atoms with van der Waals surface area (Å²) in [4.78, 5) is 3.60. The molecule has 0 fully saturated rings. The monoisotopic (exact) mass is 187 g/mol. The van der Waals surface area contributed by atoms with Crippen molar-refractivity contribution in [1.29, 1.82) is 0 Å². The second kappa shape index (κ2) is 6.80. The lowest BCUT2D eigenvalue weighted by Gasteiger charge is -1.82. The molecule has 0 aliphatic rings. The number of allylic oxidation sites excluding steroid dienone is 6. The van der Waals surface area contributed by atoms with E-state index in [4.69, 9.17) is 11.6 Å². The van der Waals surface area contributed by atoms with E-state index in [1.807, 2.05) is 0 Å². The van der Waals surface area contributed by atoms with Gasteiger partial charge in [-0.1, -0.05) is 17.7 Å². The highest BCUT2D eigenvalue weighted by Crippen LogP contribution is 2.01. The quantitative estimate of drug-likeness (QED) is 0.475. The summed E-state index contributed by atoms with van der Waals surface area (Å²) in [6, 6.07) is 0. The summed E-state index contributed by atoms with van der Waals surface area (Å²) < 4.78 is 12.7. The predicted octanol–water partition coefficient (Wildman–Crippen LogP) is 3.24. The molecule has 0 saturated heterocycles. The summed E-state index contributed by atoms with van der Waals surface area (Å²) in [6.45, 7) is 1.72. The molecule has 0 heterocycles. The van der Waals surface area contributed by atoms with Crippen molar-refractivity contribution in [2.24, 2.45) is 4.99 Å². The van der Waals surface area contributed by atoms with Gasteiger partial charge in [0.05, 0.1) is 0 Å². The van der Waals surface area contributed by atoms with E-state index in [1.54, 1.807) is 20.0 Å². The van der Waals surface area contributed by atoms with Crippen molar-refractivity contribution in [3.63, 3.8) is 0 Å². The van der Waals surface area contributed by atoms with Crippen LogP contribution in [0.5, 0.6) is 0 Å². The zero-order chi connectivity index (χ0) is 9.40. The fourth-order valence-electron chi connectivity index (χ4n) is 0.474. The minimum absolute atomic E-state index is 0.352. The molecular formula is C9H11ClFN. The van der Waals surface area contributed by atoms with E-state index in [2.05, 4.69) is 4.99 Å². The molecule has 3 heteroatoms. The van der Waals surface area contributed by atoms with Crippen LogP contribution >= 0.6 is 11.6 Å². The van der Waals surface area contributed by atoms with Gasteiger partial charge in [-0.25, -0.2) is 4.39 Å². The molecular weight excluding hydrogens is 177 g/mol. The van der Waals surface area contributed by atoms with Gasteiger partial charge in [-0.15, -0.1) is 0 Å². The minimum atomic E-state index is -0.352. The van der Waals surface area contributed by atoms with Crippen molar-refractivity contribution >= 4 is 17.8 Å². The number of hydrogen-bond acceptors (Lipinski definition) is 1. The van der Waals surface area contributed by atoms with Crippen LogP contribution in [-0.2, 0) is 0 Å². The van der Waals surface area contributed by atoms with Crippen LogP contribution in [0.25, 0.3) is 0 Å². The first-order valence-corrected chi connectivity index (χ1v) is 3.83. The molecule has 0 aliphatic heterocycles. The van der Waals surface area contributed by atoms with Crippen molar-refractivity contribution in [1.82, 2.24) is 0 Å². The second-order valence-electron chi connectivity index (χ2n) is 2.07. The van der Waals surface area contributed by atoms with E-state index in [0.717, 1.165) is 0 Å². The molecule has 0 saturated carbocycles. The number of hydrogen-bond donors (Lipinski definition) is 0. The van der Waals surface area contributed by atoms with Gasteiger partial charge in [0.25, 0.3) is 0 Å². The third-order valence-electron chi connectivity index (χ3n) is 0.964. The third-order valence-corrected chi connectivity index (χ3v) is 1.09. The Morgan fingerprint density at radius 3 is 2.58 bits per heavy atom. The van der Waals surface area contributed by atoms with Crippen LogP contribution < -0.4 is 0 Å². The van der Waals surface area contributed by atoms with Crippen molar-refractivity contribution in [3.05, 3.63) is 35.2 Å². The van der Waals surface area contributed by atoms with E-state index in [-0.39, 0.29) is 5.83 Å². The van der Waals surface area contributed by atoms with Gasteiger partial charge in [-0.3, -0.25) is 4.99 Å². The highest BCUT2D eigenvalue weighted by molar-refractivity contribution is 6.29. The molecule has 0 aromatic rings. The van der Waals surface area contributed by atoms with E-state index >= 15 is 0 Å². The van der Waals surface area contributed by atoms with Crippen LogP contribution in [0.15, 0.2) is 40.2 Å². The summed E-state index contributed by atoms with van der Waals surface area (Å²) >= 11 is 5.51. The maximum atomic E-state index is 12.7. The summed E-state index contributed by atoms with van der Waals surface area (Å²) in [6.07, 6.45) is 7.12. The average molecular weight is 188 g/mol. The first-order valence-electron chi connectivity index (χ1n) is 3.45. The van der Waals surface area contributed by atoms with E-state index < -0.39 is 0 Å². The maximum absolute atomic E-state index is 12.7. The Balaban J connectivity index is 4.08. The van der Waals surface area contributed by atoms with Gasteiger partial charge in [0.15, 0.2) is 0 Å². The number of halogens is 2. The minimum Gasteiger partial charge on any atom is -0.296 e. The van der Waals surface area contributed by atoms with Gasteiger partial charge in [0, 0.05) is 18.3 Å². The topological polar surface area (TPSA) is 12.4 Å². The lowest BCUT2D eigenvalue weighted by molar-refractivity contribution is 0.669. The fraction of sp³-hybridized carbons (Fsp3) is 0.222. The number of rotatable bonds is 3. The van der Waals surface area contributed by atoms with E-state index in [9.17, 15) is 4.39 Å². The Hall–Kier alpha value is -0.890. The molecule has 0 N–H and O–H groups in total. The Bertz CT molecular complexity index is 235. The Labute approximate surface area is 77.0 Å². The molecule has 0 unspecified atom stereocenters. The van der Waals surface area contributed by atoms with Crippen LogP contribution in [0.1, 0.15) is 6.92 Å². The average Bonchev–Trinajstić information content (AvgIpc) is 2.00. The largest absolute Gasteiger partial charge is 0.296 e. The maximum Gasteiger partial charge on any atom is 0.124 e. The van der Waals surface area contributed by atoms with Gasteiger partial charge in [-0.05, 0) is 25.2 Å². The van der Waals surface area contributed by atoms with Crippen molar-refractivity contribution < 1.29 is 4.39 Å². The van der Waals surface area contributed by atoms with E-state index in [0.29, 0.717) is 5.03 Å². The lowest BCUT2D eigenvalue weighted by Crippen LogP contribution is -1.68.